The van der Waals surface area contributed by atoms with E-state index in [4.69, 9.17) is 4.42 Å². The number of para-hydroxylation sites is 1. The van der Waals surface area contributed by atoms with Crippen LogP contribution < -0.4 is 10.6 Å². The Labute approximate surface area is 129 Å². The van der Waals surface area contributed by atoms with Crippen LogP contribution in [0.1, 0.15) is 12.2 Å². The molecule has 3 rings (SSSR count). The maximum absolute atomic E-state index is 11.8. The van der Waals surface area contributed by atoms with Crippen LogP contribution >= 0.6 is 12.4 Å². The quantitative estimate of drug-likeness (QED) is 0.794. The fraction of sp³-hybridized carbons (Fsp3) is 0.400. The van der Waals surface area contributed by atoms with E-state index in [0.29, 0.717) is 25.9 Å². The van der Waals surface area contributed by atoms with Gasteiger partial charge in [0.2, 0.25) is 5.91 Å². The maximum Gasteiger partial charge on any atom is 0.237 e. The fourth-order valence-electron chi connectivity index (χ4n) is 2.51. The van der Waals surface area contributed by atoms with Crippen molar-refractivity contribution >= 4 is 29.3 Å². The number of carbonyl (C=O) groups is 1. The van der Waals surface area contributed by atoms with Gasteiger partial charge in [-0.1, -0.05) is 18.2 Å². The summed E-state index contributed by atoms with van der Waals surface area (Å²) in [6, 6.07) is 9.57. The van der Waals surface area contributed by atoms with Crippen LogP contribution in [0.15, 0.2) is 34.7 Å². The number of furan rings is 1. The topological polar surface area (TPSA) is 74.5 Å². The Hall–Kier alpha value is -1.56. The number of aliphatic hydroxyl groups is 1. The minimum atomic E-state index is -0.416. The van der Waals surface area contributed by atoms with Crippen molar-refractivity contribution in [1.29, 1.82) is 0 Å². The van der Waals surface area contributed by atoms with Gasteiger partial charge in [0.05, 0.1) is 12.1 Å². The highest BCUT2D eigenvalue weighted by atomic mass is 35.5. The summed E-state index contributed by atoms with van der Waals surface area (Å²) in [5, 5.41) is 16.3. The minimum absolute atomic E-state index is 0. The van der Waals surface area contributed by atoms with Crippen LogP contribution in [0.2, 0.25) is 0 Å². The van der Waals surface area contributed by atoms with Gasteiger partial charge in [-0.15, -0.1) is 12.4 Å². The summed E-state index contributed by atoms with van der Waals surface area (Å²) < 4.78 is 5.69. The summed E-state index contributed by atoms with van der Waals surface area (Å²) >= 11 is 0. The Morgan fingerprint density at radius 3 is 2.95 bits per heavy atom. The molecule has 1 aromatic heterocycles. The second-order valence-corrected chi connectivity index (χ2v) is 5.14. The number of nitrogens with one attached hydrogen (secondary N) is 2. The number of carbonyl (C=O) groups excluding carboxylic acids is 1. The highest BCUT2D eigenvalue weighted by Crippen LogP contribution is 2.18. The minimum Gasteiger partial charge on any atom is -0.461 e. The molecule has 2 aromatic rings. The number of benzene rings is 1. The molecular formula is C15H19ClN2O3. The fourth-order valence-corrected chi connectivity index (χ4v) is 2.51. The molecule has 2 heterocycles. The molecule has 114 valence electrons. The molecular weight excluding hydrogens is 292 g/mol. The predicted molar refractivity (Wildman–Crippen MR) is 82.6 cm³/mol. The summed E-state index contributed by atoms with van der Waals surface area (Å²) in [4.78, 5) is 11.8. The zero-order chi connectivity index (χ0) is 13.9. The van der Waals surface area contributed by atoms with E-state index >= 15 is 0 Å². The van der Waals surface area contributed by atoms with E-state index in [0.717, 1.165) is 16.7 Å². The van der Waals surface area contributed by atoms with E-state index in [-0.39, 0.29) is 24.4 Å². The lowest BCUT2D eigenvalue weighted by Gasteiger charge is -2.10. The van der Waals surface area contributed by atoms with Gasteiger partial charge in [0.25, 0.3) is 0 Å². The molecule has 2 unspecified atom stereocenters. The summed E-state index contributed by atoms with van der Waals surface area (Å²) in [5.41, 5.74) is 0.870. The van der Waals surface area contributed by atoms with Gasteiger partial charge in [-0.05, 0) is 18.6 Å². The zero-order valence-corrected chi connectivity index (χ0v) is 12.4. The van der Waals surface area contributed by atoms with Crippen molar-refractivity contribution in [1.82, 2.24) is 10.6 Å². The third kappa shape index (κ3) is 3.75. The van der Waals surface area contributed by atoms with E-state index in [2.05, 4.69) is 10.6 Å². The summed E-state index contributed by atoms with van der Waals surface area (Å²) in [6.45, 7) is 1.02. The predicted octanol–water partition coefficient (Wildman–Crippen LogP) is 1.24. The molecule has 1 aliphatic rings. The van der Waals surface area contributed by atoms with Crippen molar-refractivity contribution < 1.29 is 14.3 Å². The molecule has 1 aliphatic heterocycles. The van der Waals surface area contributed by atoms with E-state index < -0.39 is 6.10 Å². The number of aliphatic hydroxyl groups excluding tert-OH is 1. The monoisotopic (exact) mass is 310 g/mol. The molecule has 21 heavy (non-hydrogen) atoms. The first-order valence-corrected chi connectivity index (χ1v) is 6.89. The van der Waals surface area contributed by atoms with Crippen molar-refractivity contribution in [3.8, 4) is 0 Å². The SMILES string of the molecule is Cl.O=C(NCCc1cc2ccccc2o1)C1CC(O)CN1. The number of rotatable bonds is 4. The number of hydrogen-bond donors (Lipinski definition) is 3. The normalized spacial score (nSPS) is 21.2. The van der Waals surface area contributed by atoms with Crippen LogP contribution in [0.4, 0.5) is 0 Å². The van der Waals surface area contributed by atoms with E-state index in [1.165, 1.54) is 0 Å². The molecule has 0 spiro atoms. The lowest BCUT2D eigenvalue weighted by Crippen LogP contribution is -2.41. The first-order valence-electron chi connectivity index (χ1n) is 6.89. The molecule has 1 fully saturated rings. The van der Waals surface area contributed by atoms with Crippen LogP contribution in [0.25, 0.3) is 11.0 Å². The number of hydrogen-bond acceptors (Lipinski definition) is 4. The Bertz CT molecular complexity index is 581. The van der Waals surface area contributed by atoms with E-state index in [9.17, 15) is 9.90 Å². The van der Waals surface area contributed by atoms with Gasteiger partial charge in [0.15, 0.2) is 0 Å². The van der Waals surface area contributed by atoms with Crippen LogP contribution in [0, 0.1) is 0 Å². The van der Waals surface area contributed by atoms with Crippen molar-refractivity contribution in [3.05, 3.63) is 36.1 Å². The van der Waals surface area contributed by atoms with Crippen molar-refractivity contribution in [3.63, 3.8) is 0 Å². The number of halogens is 1. The van der Waals surface area contributed by atoms with Crippen LogP contribution in [-0.4, -0.2) is 36.2 Å². The Morgan fingerprint density at radius 2 is 2.24 bits per heavy atom. The molecule has 1 saturated heterocycles. The number of fused-ring (bicyclic) bond motifs is 1. The lowest BCUT2D eigenvalue weighted by molar-refractivity contribution is -0.122. The molecule has 6 heteroatoms. The van der Waals surface area contributed by atoms with Crippen molar-refractivity contribution in [2.75, 3.05) is 13.1 Å². The average Bonchev–Trinajstić information content (AvgIpc) is 3.04. The highest BCUT2D eigenvalue weighted by Gasteiger charge is 2.27. The summed E-state index contributed by atoms with van der Waals surface area (Å²) in [6.07, 6.45) is 0.729. The third-order valence-electron chi connectivity index (χ3n) is 3.57. The molecule has 0 saturated carbocycles. The van der Waals surface area contributed by atoms with Gasteiger partial charge in [0.1, 0.15) is 11.3 Å². The van der Waals surface area contributed by atoms with Crippen molar-refractivity contribution in [2.24, 2.45) is 0 Å². The molecule has 1 amide bonds. The lowest BCUT2D eigenvalue weighted by atomic mass is 10.2. The smallest absolute Gasteiger partial charge is 0.237 e. The largest absolute Gasteiger partial charge is 0.461 e. The van der Waals surface area contributed by atoms with Crippen LogP contribution in [0.3, 0.4) is 0 Å². The van der Waals surface area contributed by atoms with Crippen molar-refractivity contribution in [2.45, 2.75) is 25.0 Å². The number of amides is 1. The molecule has 1 aromatic carbocycles. The van der Waals surface area contributed by atoms with Gasteiger partial charge in [-0.2, -0.15) is 0 Å². The van der Waals surface area contributed by atoms with Gasteiger partial charge < -0.3 is 20.2 Å². The molecule has 0 aliphatic carbocycles. The Balaban J connectivity index is 0.00000161. The molecule has 0 radical (unpaired) electrons. The average molecular weight is 311 g/mol. The zero-order valence-electron chi connectivity index (χ0n) is 11.5. The molecule has 0 bridgehead atoms. The standard InChI is InChI=1S/C15H18N2O3.ClH/c18-11-8-13(17-9-11)15(19)16-6-5-12-7-10-3-1-2-4-14(10)20-12;/h1-4,7,11,13,17-18H,5-6,8-9H2,(H,16,19);1H. The third-order valence-corrected chi connectivity index (χ3v) is 3.57. The highest BCUT2D eigenvalue weighted by molar-refractivity contribution is 5.85. The van der Waals surface area contributed by atoms with Gasteiger partial charge >= 0.3 is 0 Å². The Kier molecular flexibility index (Phi) is 5.22. The van der Waals surface area contributed by atoms with Crippen LogP contribution in [-0.2, 0) is 11.2 Å². The van der Waals surface area contributed by atoms with Crippen LogP contribution in [0.5, 0.6) is 0 Å². The summed E-state index contributed by atoms with van der Waals surface area (Å²) in [7, 11) is 0. The number of β-amino-alcohol motifs (C(OH)–C–C–N with tert-alkyl or cyclic N) is 1. The second kappa shape index (κ2) is 6.93. The summed E-state index contributed by atoms with van der Waals surface area (Å²) in [5.74, 6) is 0.809. The molecule has 3 N–H and O–H groups in total. The Morgan fingerprint density at radius 1 is 1.43 bits per heavy atom. The second-order valence-electron chi connectivity index (χ2n) is 5.14. The first kappa shape index (κ1) is 15.8. The molecule has 5 nitrogen and oxygen atoms in total. The molecule has 2 atom stereocenters. The van der Waals surface area contributed by atoms with E-state index in [1.54, 1.807) is 0 Å². The van der Waals surface area contributed by atoms with Gasteiger partial charge in [-0.3, -0.25) is 4.79 Å². The maximum atomic E-state index is 11.8. The van der Waals surface area contributed by atoms with Gasteiger partial charge in [-0.25, -0.2) is 0 Å². The van der Waals surface area contributed by atoms with Gasteiger partial charge in [0, 0.05) is 24.9 Å². The first-order chi connectivity index (χ1) is 9.72. The van der Waals surface area contributed by atoms with E-state index in [1.807, 2.05) is 30.3 Å².